The minimum absolute atomic E-state index is 0.0268. The fourth-order valence-corrected chi connectivity index (χ4v) is 5.49. The summed E-state index contributed by atoms with van der Waals surface area (Å²) in [6, 6.07) is 22.8. The second kappa shape index (κ2) is 8.24. The van der Waals surface area contributed by atoms with Crippen LogP contribution in [0.5, 0.6) is 0 Å². The van der Waals surface area contributed by atoms with E-state index >= 15 is 0 Å². The second-order valence-corrected chi connectivity index (χ2v) is 10.0. The molecule has 7 heteroatoms. The average Bonchev–Trinajstić information content (AvgIpc) is 3.09. The normalized spacial score (nSPS) is 15.7. The van der Waals surface area contributed by atoms with E-state index in [1.54, 1.807) is 59.5 Å². The van der Waals surface area contributed by atoms with Crippen molar-refractivity contribution in [3.05, 3.63) is 88.9 Å². The van der Waals surface area contributed by atoms with Gasteiger partial charge in [-0.1, -0.05) is 52.3 Å². The molecular weight excluding hydrogens is 464 g/mol. The molecule has 0 aliphatic carbocycles. The molecule has 1 atom stereocenters. The van der Waals surface area contributed by atoms with Crippen molar-refractivity contribution in [1.82, 2.24) is 0 Å². The fourth-order valence-electron chi connectivity index (χ4n) is 3.79. The Kier molecular flexibility index (Phi) is 5.66. The molecule has 3 aromatic rings. The zero-order valence-corrected chi connectivity index (χ0v) is 18.8. The minimum Gasteiger partial charge on any atom is -0.307 e. The van der Waals surface area contributed by atoms with Crippen molar-refractivity contribution < 1.29 is 13.2 Å². The molecule has 1 unspecified atom stereocenters. The molecule has 1 aliphatic rings. The summed E-state index contributed by atoms with van der Waals surface area (Å²) in [5.41, 5.74) is 2.39. The third kappa shape index (κ3) is 3.87. The van der Waals surface area contributed by atoms with E-state index in [2.05, 4.69) is 15.9 Å². The number of anilines is 2. The first-order valence-electron chi connectivity index (χ1n) is 9.61. The zero-order chi connectivity index (χ0) is 21.3. The largest absolute Gasteiger partial charge is 0.307 e. The molecule has 1 heterocycles. The van der Waals surface area contributed by atoms with Crippen molar-refractivity contribution in [1.29, 1.82) is 0 Å². The summed E-state index contributed by atoms with van der Waals surface area (Å²) < 4.78 is 28.9. The number of fused-ring (bicyclic) bond motifs is 1. The van der Waals surface area contributed by atoms with Crippen LogP contribution in [0.4, 0.5) is 11.4 Å². The Morgan fingerprint density at radius 2 is 1.63 bits per heavy atom. The number of nitrogens with zero attached hydrogens (tertiary/aromatic N) is 2. The SMILES string of the molecule is CC1Cc2ccccc2N1C(=O)CN(c1ccc(Br)cc1)S(=O)(=O)c1ccccc1. The van der Waals surface area contributed by atoms with Crippen LogP contribution < -0.4 is 9.21 Å². The van der Waals surface area contributed by atoms with Gasteiger partial charge in [0.1, 0.15) is 6.54 Å². The summed E-state index contributed by atoms with van der Waals surface area (Å²) in [5, 5.41) is 0. The lowest BCUT2D eigenvalue weighted by atomic mass is 10.1. The van der Waals surface area contributed by atoms with E-state index in [1.165, 1.54) is 4.31 Å². The maximum Gasteiger partial charge on any atom is 0.264 e. The van der Waals surface area contributed by atoms with Crippen LogP contribution in [0.2, 0.25) is 0 Å². The van der Waals surface area contributed by atoms with Gasteiger partial charge >= 0.3 is 0 Å². The highest BCUT2D eigenvalue weighted by atomic mass is 79.9. The summed E-state index contributed by atoms with van der Waals surface area (Å²) in [5.74, 6) is -0.255. The first-order valence-corrected chi connectivity index (χ1v) is 11.8. The number of halogens is 1. The summed E-state index contributed by atoms with van der Waals surface area (Å²) in [7, 11) is -3.92. The van der Waals surface area contributed by atoms with Gasteiger partial charge in [0, 0.05) is 16.2 Å². The lowest BCUT2D eigenvalue weighted by molar-refractivity contribution is -0.117. The monoisotopic (exact) mass is 484 g/mol. The molecule has 30 heavy (non-hydrogen) atoms. The fraction of sp³-hybridized carbons (Fsp3) is 0.174. The minimum atomic E-state index is -3.92. The molecule has 0 spiro atoms. The van der Waals surface area contributed by atoms with Crippen molar-refractivity contribution in [3.8, 4) is 0 Å². The second-order valence-electron chi connectivity index (χ2n) is 7.25. The molecule has 0 fully saturated rings. The number of benzene rings is 3. The van der Waals surface area contributed by atoms with Gasteiger partial charge in [0.25, 0.3) is 10.0 Å². The van der Waals surface area contributed by atoms with E-state index in [0.717, 1.165) is 22.1 Å². The highest BCUT2D eigenvalue weighted by molar-refractivity contribution is 9.10. The van der Waals surface area contributed by atoms with Crippen molar-refractivity contribution in [2.45, 2.75) is 24.3 Å². The first-order chi connectivity index (χ1) is 14.4. The van der Waals surface area contributed by atoms with Gasteiger partial charge in [-0.3, -0.25) is 9.10 Å². The van der Waals surface area contributed by atoms with Crippen molar-refractivity contribution in [3.63, 3.8) is 0 Å². The lowest BCUT2D eigenvalue weighted by Crippen LogP contribution is -2.45. The molecule has 0 radical (unpaired) electrons. The molecule has 5 nitrogen and oxygen atoms in total. The summed E-state index contributed by atoms with van der Waals surface area (Å²) >= 11 is 3.38. The Morgan fingerprint density at radius 1 is 1.00 bits per heavy atom. The van der Waals surface area contributed by atoms with Gasteiger partial charge in [0.15, 0.2) is 0 Å². The molecule has 1 aliphatic heterocycles. The van der Waals surface area contributed by atoms with Crippen LogP contribution in [0, 0.1) is 0 Å². The first kappa shape index (κ1) is 20.6. The molecule has 154 valence electrons. The number of hydrogen-bond donors (Lipinski definition) is 0. The Labute approximate surface area is 185 Å². The summed E-state index contributed by atoms with van der Waals surface area (Å²) in [6.07, 6.45) is 0.756. The van der Waals surface area contributed by atoms with Gasteiger partial charge in [0.2, 0.25) is 5.91 Å². The van der Waals surface area contributed by atoms with Gasteiger partial charge < -0.3 is 4.90 Å². The summed E-state index contributed by atoms with van der Waals surface area (Å²) in [4.78, 5) is 15.2. The van der Waals surface area contributed by atoms with E-state index in [9.17, 15) is 13.2 Å². The Hall–Kier alpha value is -2.64. The van der Waals surface area contributed by atoms with Crippen LogP contribution in [0.1, 0.15) is 12.5 Å². The van der Waals surface area contributed by atoms with Crippen LogP contribution in [0.25, 0.3) is 0 Å². The smallest absolute Gasteiger partial charge is 0.264 e. The number of para-hydroxylation sites is 1. The number of carbonyl (C=O) groups is 1. The van der Waals surface area contributed by atoms with Gasteiger partial charge in [-0.15, -0.1) is 0 Å². The molecule has 0 aromatic heterocycles. The van der Waals surface area contributed by atoms with Crippen LogP contribution in [-0.2, 0) is 21.2 Å². The van der Waals surface area contributed by atoms with E-state index in [0.29, 0.717) is 5.69 Å². The van der Waals surface area contributed by atoms with Gasteiger partial charge in [-0.05, 0) is 61.4 Å². The van der Waals surface area contributed by atoms with Crippen molar-refractivity contribution >= 4 is 43.2 Å². The standard InChI is InChI=1S/C23H21BrN2O3S/c1-17-15-18-7-5-6-10-22(18)26(17)23(27)16-25(20-13-11-19(24)12-14-20)30(28,29)21-8-3-2-4-9-21/h2-14,17H,15-16H2,1H3. The predicted molar refractivity (Wildman–Crippen MR) is 122 cm³/mol. The highest BCUT2D eigenvalue weighted by Crippen LogP contribution is 2.33. The quantitative estimate of drug-likeness (QED) is 0.530. The van der Waals surface area contributed by atoms with E-state index in [4.69, 9.17) is 0 Å². The van der Waals surface area contributed by atoms with Crippen molar-refractivity contribution in [2.75, 3.05) is 15.7 Å². The number of carbonyl (C=O) groups excluding carboxylic acids is 1. The maximum absolute atomic E-state index is 13.4. The topological polar surface area (TPSA) is 57.7 Å². The average molecular weight is 485 g/mol. The number of amides is 1. The molecule has 0 bridgehead atoms. The van der Waals surface area contributed by atoms with Crippen LogP contribution in [-0.4, -0.2) is 26.9 Å². The van der Waals surface area contributed by atoms with Crippen LogP contribution in [0.3, 0.4) is 0 Å². The Morgan fingerprint density at radius 3 is 2.33 bits per heavy atom. The third-order valence-corrected chi connectivity index (χ3v) is 7.52. The highest BCUT2D eigenvalue weighted by Gasteiger charge is 2.34. The molecule has 0 saturated carbocycles. The molecule has 3 aromatic carbocycles. The van der Waals surface area contributed by atoms with Crippen molar-refractivity contribution in [2.24, 2.45) is 0 Å². The number of sulfonamides is 1. The maximum atomic E-state index is 13.4. The van der Waals surface area contributed by atoms with E-state index in [-0.39, 0.29) is 23.4 Å². The van der Waals surface area contributed by atoms with E-state index < -0.39 is 10.0 Å². The van der Waals surface area contributed by atoms with Gasteiger partial charge in [0.05, 0.1) is 10.6 Å². The lowest BCUT2D eigenvalue weighted by Gasteiger charge is -2.29. The molecule has 1 amide bonds. The molecule has 4 rings (SSSR count). The van der Waals surface area contributed by atoms with E-state index in [1.807, 2.05) is 31.2 Å². The molecule has 0 N–H and O–H groups in total. The summed E-state index contributed by atoms with van der Waals surface area (Å²) in [6.45, 7) is 1.70. The Bertz CT molecular complexity index is 1160. The zero-order valence-electron chi connectivity index (χ0n) is 16.4. The molecule has 0 saturated heterocycles. The molecular formula is C23H21BrN2O3S. The van der Waals surface area contributed by atoms with Gasteiger partial charge in [-0.2, -0.15) is 0 Å². The number of rotatable bonds is 5. The number of hydrogen-bond acceptors (Lipinski definition) is 3. The third-order valence-electron chi connectivity index (χ3n) is 5.20. The van der Waals surface area contributed by atoms with Gasteiger partial charge in [-0.25, -0.2) is 8.42 Å². The van der Waals surface area contributed by atoms with Crippen LogP contribution >= 0.6 is 15.9 Å². The Balaban J connectivity index is 1.72. The van der Waals surface area contributed by atoms with Crippen LogP contribution in [0.15, 0.2) is 88.2 Å². The predicted octanol–water partition coefficient (Wildman–Crippen LogP) is 4.62.